The number of aromatic nitrogens is 2. The zero-order valence-corrected chi connectivity index (χ0v) is 11.1. The fourth-order valence-corrected chi connectivity index (χ4v) is 1.71. The number of hydrogen-bond acceptors (Lipinski definition) is 4. The van der Waals surface area contributed by atoms with E-state index in [1.165, 1.54) is 6.20 Å². The van der Waals surface area contributed by atoms with Gasteiger partial charge in [0, 0.05) is 18.9 Å². The van der Waals surface area contributed by atoms with Crippen molar-refractivity contribution in [1.29, 1.82) is 0 Å². The number of pyridine rings is 2. The van der Waals surface area contributed by atoms with Gasteiger partial charge in [-0.25, -0.2) is 4.98 Å². The summed E-state index contributed by atoms with van der Waals surface area (Å²) in [6.07, 6.45) is 4.66. The Labute approximate surface area is 116 Å². The number of amides is 1. The second kappa shape index (κ2) is 6.15. The monoisotopic (exact) mass is 276 g/mol. The van der Waals surface area contributed by atoms with Crippen molar-refractivity contribution in [2.45, 2.75) is 6.92 Å². The Hall–Kier alpha value is -2.14. The molecule has 6 heteroatoms. The van der Waals surface area contributed by atoms with Crippen LogP contribution in [0.1, 0.15) is 17.3 Å². The van der Waals surface area contributed by atoms with Crippen LogP contribution in [0.3, 0.4) is 0 Å². The lowest BCUT2D eigenvalue weighted by Gasteiger charge is -2.08. The van der Waals surface area contributed by atoms with Gasteiger partial charge in [-0.2, -0.15) is 0 Å². The summed E-state index contributed by atoms with van der Waals surface area (Å²) >= 11 is 5.99. The molecule has 0 fully saturated rings. The minimum Gasteiger partial charge on any atom is -0.370 e. The van der Waals surface area contributed by atoms with E-state index in [0.717, 1.165) is 6.54 Å². The average molecular weight is 277 g/mol. The Morgan fingerprint density at radius 2 is 2.26 bits per heavy atom. The number of carbonyl (C=O) groups is 1. The smallest absolute Gasteiger partial charge is 0.257 e. The van der Waals surface area contributed by atoms with Crippen molar-refractivity contribution in [2.75, 3.05) is 17.2 Å². The van der Waals surface area contributed by atoms with Crippen LogP contribution in [-0.4, -0.2) is 22.4 Å². The van der Waals surface area contributed by atoms with Crippen molar-refractivity contribution in [2.24, 2.45) is 0 Å². The highest BCUT2D eigenvalue weighted by molar-refractivity contribution is 6.34. The molecule has 0 atom stereocenters. The summed E-state index contributed by atoms with van der Waals surface area (Å²) in [6, 6.07) is 5.12. The number of hydrogen-bond donors (Lipinski definition) is 2. The predicted octanol–water partition coefficient (Wildman–Crippen LogP) is 2.81. The number of halogens is 1. The number of rotatable bonds is 4. The van der Waals surface area contributed by atoms with Crippen LogP contribution in [0.25, 0.3) is 0 Å². The zero-order chi connectivity index (χ0) is 13.7. The molecule has 0 aliphatic heterocycles. The summed E-state index contributed by atoms with van der Waals surface area (Å²) in [5.41, 5.74) is 0.988. The second-order valence-electron chi connectivity index (χ2n) is 3.78. The summed E-state index contributed by atoms with van der Waals surface area (Å²) in [4.78, 5) is 20.1. The van der Waals surface area contributed by atoms with Gasteiger partial charge in [-0.15, -0.1) is 0 Å². The molecular weight excluding hydrogens is 264 g/mol. The van der Waals surface area contributed by atoms with E-state index in [9.17, 15) is 4.79 Å². The summed E-state index contributed by atoms with van der Waals surface area (Å²) in [5, 5.41) is 6.07. The molecule has 2 heterocycles. The number of anilines is 2. The molecule has 5 nitrogen and oxygen atoms in total. The molecule has 0 unspecified atom stereocenters. The standard InChI is InChI=1S/C13H13ClN4O/c1-2-16-12-6-10(11(14)8-17-12)13(19)18-9-4-3-5-15-7-9/h3-8H,2H2,1H3,(H,16,17)(H,18,19). The van der Waals surface area contributed by atoms with E-state index in [1.807, 2.05) is 6.92 Å². The van der Waals surface area contributed by atoms with E-state index in [-0.39, 0.29) is 5.91 Å². The van der Waals surface area contributed by atoms with Gasteiger partial charge in [-0.3, -0.25) is 9.78 Å². The van der Waals surface area contributed by atoms with Gasteiger partial charge in [-0.1, -0.05) is 11.6 Å². The molecule has 19 heavy (non-hydrogen) atoms. The molecule has 2 aromatic heterocycles. The third-order valence-corrected chi connectivity index (χ3v) is 2.68. The van der Waals surface area contributed by atoms with E-state index >= 15 is 0 Å². The highest BCUT2D eigenvalue weighted by Gasteiger charge is 2.12. The molecule has 2 aromatic rings. The van der Waals surface area contributed by atoms with Crippen LogP contribution >= 0.6 is 11.6 Å². The molecule has 0 aliphatic carbocycles. The van der Waals surface area contributed by atoms with Crippen molar-refractivity contribution in [1.82, 2.24) is 9.97 Å². The minimum absolute atomic E-state index is 0.292. The van der Waals surface area contributed by atoms with Crippen molar-refractivity contribution in [3.8, 4) is 0 Å². The van der Waals surface area contributed by atoms with Crippen LogP contribution in [0.15, 0.2) is 36.8 Å². The maximum atomic E-state index is 12.1. The average Bonchev–Trinajstić information content (AvgIpc) is 2.42. The molecule has 0 saturated carbocycles. The number of nitrogens with zero attached hydrogens (tertiary/aromatic N) is 2. The minimum atomic E-state index is -0.292. The first kappa shape index (κ1) is 13.3. The molecule has 1 amide bonds. The van der Waals surface area contributed by atoms with Gasteiger partial charge in [0.15, 0.2) is 0 Å². The van der Waals surface area contributed by atoms with Gasteiger partial charge in [0.05, 0.1) is 22.5 Å². The maximum absolute atomic E-state index is 12.1. The molecule has 98 valence electrons. The summed E-state index contributed by atoms with van der Waals surface area (Å²) in [6.45, 7) is 2.67. The Balaban J connectivity index is 2.21. The Morgan fingerprint density at radius 1 is 1.42 bits per heavy atom. The van der Waals surface area contributed by atoms with Gasteiger partial charge >= 0.3 is 0 Å². The normalized spacial score (nSPS) is 10.0. The van der Waals surface area contributed by atoms with Crippen molar-refractivity contribution >= 4 is 29.0 Å². The Bertz CT molecular complexity index is 574. The summed E-state index contributed by atoms with van der Waals surface area (Å²) in [5.74, 6) is 0.322. The van der Waals surface area contributed by atoms with Gasteiger partial charge in [0.1, 0.15) is 5.82 Å². The van der Waals surface area contributed by atoms with Crippen LogP contribution in [0, 0.1) is 0 Å². The molecule has 0 aromatic carbocycles. The van der Waals surface area contributed by atoms with Crippen LogP contribution in [0.2, 0.25) is 5.02 Å². The van der Waals surface area contributed by atoms with E-state index < -0.39 is 0 Å². The quantitative estimate of drug-likeness (QED) is 0.901. The zero-order valence-electron chi connectivity index (χ0n) is 10.4. The molecular formula is C13H13ClN4O. The largest absolute Gasteiger partial charge is 0.370 e. The summed E-state index contributed by atoms with van der Waals surface area (Å²) in [7, 11) is 0. The SMILES string of the molecule is CCNc1cc(C(=O)Nc2cccnc2)c(Cl)cn1. The van der Waals surface area contributed by atoms with E-state index in [1.54, 1.807) is 30.6 Å². The second-order valence-corrected chi connectivity index (χ2v) is 4.18. The fourth-order valence-electron chi connectivity index (χ4n) is 1.53. The van der Waals surface area contributed by atoms with E-state index in [4.69, 9.17) is 11.6 Å². The molecule has 2 N–H and O–H groups in total. The molecule has 0 bridgehead atoms. The lowest BCUT2D eigenvalue weighted by Crippen LogP contribution is -2.13. The topological polar surface area (TPSA) is 66.9 Å². The fraction of sp³-hybridized carbons (Fsp3) is 0.154. The number of carbonyl (C=O) groups excluding carboxylic acids is 1. The van der Waals surface area contributed by atoms with E-state index in [0.29, 0.717) is 22.1 Å². The predicted molar refractivity (Wildman–Crippen MR) is 75.6 cm³/mol. The third-order valence-electron chi connectivity index (χ3n) is 2.38. The van der Waals surface area contributed by atoms with Crippen molar-refractivity contribution in [3.05, 3.63) is 47.4 Å². The first-order chi connectivity index (χ1) is 9.20. The van der Waals surface area contributed by atoms with Crippen LogP contribution < -0.4 is 10.6 Å². The Kier molecular flexibility index (Phi) is 4.30. The van der Waals surface area contributed by atoms with Crippen LogP contribution in [0.5, 0.6) is 0 Å². The van der Waals surface area contributed by atoms with Crippen molar-refractivity contribution in [3.63, 3.8) is 0 Å². The molecule has 2 rings (SSSR count). The molecule has 0 aliphatic rings. The van der Waals surface area contributed by atoms with Gasteiger partial charge in [-0.05, 0) is 25.1 Å². The molecule has 0 radical (unpaired) electrons. The highest BCUT2D eigenvalue weighted by Crippen LogP contribution is 2.19. The van der Waals surface area contributed by atoms with E-state index in [2.05, 4.69) is 20.6 Å². The highest BCUT2D eigenvalue weighted by atomic mass is 35.5. The van der Waals surface area contributed by atoms with Crippen LogP contribution in [0.4, 0.5) is 11.5 Å². The molecule has 0 spiro atoms. The van der Waals surface area contributed by atoms with Gasteiger partial charge in [0.2, 0.25) is 0 Å². The first-order valence-electron chi connectivity index (χ1n) is 5.81. The number of nitrogens with one attached hydrogen (secondary N) is 2. The van der Waals surface area contributed by atoms with Gasteiger partial charge in [0.25, 0.3) is 5.91 Å². The molecule has 0 saturated heterocycles. The van der Waals surface area contributed by atoms with Crippen molar-refractivity contribution < 1.29 is 4.79 Å². The lowest BCUT2D eigenvalue weighted by molar-refractivity contribution is 0.102. The first-order valence-corrected chi connectivity index (χ1v) is 6.19. The maximum Gasteiger partial charge on any atom is 0.257 e. The van der Waals surface area contributed by atoms with Gasteiger partial charge < -0.3 is 10.6 Å². The summed E-state index contributed by atoms with van der Waals surface area (Å²) < 4.78 is 0. The van der Waals surface area contributed by atoms with Crippen LogP contribution in [-0.2, 0) is 0 Å². The third kappa shape index (κ3) is 3.42. The Morgan fingerprint density at radius 3 is 2.95 bits per heavy atom. The lowest BCUT2D eigenvalue weighted by atomic mass is 10.2.